The molecule has 1 aromatic rings. The monoisotopic (exact) mass is 339 g/mol. The van der Waals surface area contributed by atoms with Gasteiger partial charge in [0, 0.05) is 31.2 Å². The molecule has 2 saturated heterocycles. The normalized spacial score (nSPS) is 23.7. The number of amides is 1. The third-order valence-corrected chi connectivity index (χ3v) is 5.84. The third-order valence-electron chi connectivity index (χ3n) is 3.97. The number of morpholine rings is 1. The number of anilines is 2. The van der Waals surface area contributed by atoms with E-state index in [-0.39, 0.29) is 17.7 Å². The van der Waals surface area contributed by atoms with E-state index >= 15 is 0 Å². The Balaban J connectivity index is 1.58. The minimum absolute atomic E-state index is 0.0396. The Morgan fingerprint density at radius 3 is 2.74 bits per heavy atom. The van der Waals surface area contributed by atoms with Crippen molar-refractivity contribution in [1.82, 2.24) is 5.32 Å². The molecule has 3 rings (SSSR count). The number of sulfonamides is 1. The van der Waals surface area contributed by atoms with Crippen LogP contribution in [0.15, 0.2) is 24.3 Å². The molecule has 1 unspecified atom stereocenters. The first kappa shape index (κ1) is 16.2. The smallest absolute Gasteiger partial charge is 0.235 e. The molecule has 0 bridgehead atoms. The summed E-state index contributed by atoms with van der Waals surface area (Å²) in [7, 11) is -3.17. The molecular formula is C15H21N3O4S. The Kier molecular flexibility index (Phi) is 4.84. The highest BCUT2D eigenvalue weighted by Gasteiger charge is 2.28. The average Bonchev–Trinajstić information content (AvgIpc) is 2.88. The van der Waals surface area contributed by atoms with Crippen LogP contribution in [-0.2, 0) is 19.6 Å². The van der Waals surface area contributed by atoms with Gasteiger partial charge < -0.3 is 15.4 Å². The number of hydrogen-bond acceptors (Lipinski definition) is 5. The summed E-state index contributed by atoms with van der Waals surface area (Å²) in [5.41, 5.74) is 1.30. The molecule has 2 heterocycles. The highest BCUT2D eigenvalue weighted by Crippen LogP contribution is 2.25. The number of rotatable bonds is 4. The third kappa shape index (κ3) is 4.01. The van der Waals surface area contributed by atoms with E-state index in [1.54, 1.807) is 24.3 Å². The summed E-state index contributed by atoms with van der Waals surface area (Å²) in [5, 5.41) is 6.06. The molecule has 0 aromatic heterocycles. The lowest BCUT2D eigenvalue weighted by Crippen LogP contribution is -2.43. The Bertz CT molecular complexity index is 654. The van der Waals surface area contributed by atoms with E-state index in [1.807, 2.05) is 0 Å². The van der Waals surface area contributed by atoms with Crippen molar-refractivity contribution in [2.75, 3.05) is 41.7 Å². The molecule has 2 aliphatic rings. The fourth-order valence-corrected chi connectivity index (χ4v) is 4.39. The summed E-state index contributed by atoms with van der Waals surface area (Å²) in [6.45, 7) is 2.50. The van der Waals surface area contributed by atoms with Gasteiger partial charge in [-0.1, -0.05) is 0 Å². The van der Waals surface area contributed by atoms with Gasteiger partial charge in [-0.05, 0) is 30.7 Å². The van der Waals surface area contributed by atoms with Crippen LogP contribution in [0, 0.1) is 0 Å². The van der Waals surface area contributed by atoms with Crippen molar-refractivity contribution in [3.8, 4) is 0 Å². The van der Waals surface area contributed by atoms with Crippen LogP contribution in [0.3, 0.4) is 0 Å². The van der Waals surface area contributed by atoms with E-state index in [0.717, 1.165) is 6.54 Å². The fourth-order valence-electron chi connectivity index (χ4n) is 2.83. The van der Waals surface area contributed by atoms with Gasteiger partial charge in [0.15, 0.2) is 0 Å². The van der Waals surface area contributed by atoms with Gasteiger partial charge in [-0.2, -0.15) is 0 Å². The molecule has 1 amide bonds. The average molecular weight is 339 g/mol. The second kappa shape index (κ2) is 6.86. The van der Waals surface area contributed by atoms with Crippen molar-refractivity contribution in [2.24, 2.45) is 0 Å². The molecule has 2 fully saturated rings. The van der Waals surface area contributed by atoms with E-state index in [4.69, 9.17) is 4.74 Å². The molecule has 0 aliphatic carbocycles. The minimum Gasteiger partial charge on any atom is -0.378 e. The fraction of sp³-hybridized carbons (Fsp3) is 0.533. The van der Waals surface area contributed by atoms with Gasteiger partial charge in [0.05, 0.1) is 24.7 Å². The summed E-state index contributed by atoms with van der Waals surface area (Å²) >= 11 is 0. The molecule has 1 atom stereocenters. The first-order valence-corrected chi connectivity index (χ1v) is 9.37. The molecule has 23 heavy (non-hydrogen) atoms. The largest absolute Gasteiger partial charge is 0.378 e. The highest BCUT2D eigenvalue weighted by atomic mass is 32.2. The van der Waals surface area contributed by atoms with Crippen molar-refractivity contribution in [3.63, 3.8) is 0 Å². The van der Waals surface area contributed by atoms with Crippen molar-refractivity contribution < 1.29 is 17.9 Å². The van der Waals surface area contributed by atoms with Crippen LogP contribution in [0.1, 0.15) is 12.8 Å². The van der Waals surface area contributed by atoms with E-state index in [1.165, 1.54) is 4.31 Å². The highest BCUT2D eigenvalue weighted by molar-refractivity contribution is 7.93. The topological polar surface area (TPSA) is 87.7 Å². The number of ether oxygens (including phenoxy) is 1. The lowest BCUT2D eigenvalue weighted by molar-refractivity contribution is -0.117. The van der Waals surface area contributed by atoms with Crippen molar-refractivity contribution in [2.45, 2.75) is 18.9 Å². The van der Waals surface area contributed by atoms with Gasteiger partial charge in [-0.25, -0.2) is 8.42 Å². The van der Waals surface area contributed by atoms with Gasteiger partial charge >= 0.3 is 0 Å². The molecule has 8 heteroatoms. The Morgan fingerprint density at radius 1 is 1.35 bits per heavy atom. The first-order chi connectivity index (χ1) is 11.0. The summed E-state index contributed by atoms with van der Waals surface area (Å²) in [5.74, 6) is 0.108. The van der Waals surface area contributed by atoms with Gasteiger partial charge in [-0.15, -0.1) is 0 Å². The SMILES string of the molecule is O=C(CC1COCCN1)Nc1ccc(N2CCCS2(=O)=O)cc1. The van der Waals surface area contributed by atoms with Crippen LogP contribution in [0.2, 0.25) is 0 Å². The summed E-state index contributed by atoms with van der Waals surface area (Å²) in [4.78, 5) is 12.0. The molecule has 126 valence electrons. The van der Waals surface area contributed by atoms with E-state index in [0.29, 0.717) is 44.0 Å². The summed E-state index contributed by atoms with van der Waals surface area (Å²) in [6.07, 6.45) is 1.000. The maximum atomic E-state index is 12.0. The number of nitrogens with one attached hydrogen (secondary N) is 2. The van der Waals surface area contributed by atoms with Gasteiger partial charge in [0.25, 0.3) is 0 Å². The number of benzene rings is 1. The standard InChI is InChI=1S/C15H21N3O4S/c19-15(10-13-11-22-8-6-16-13)17-12-2-4-14(5-3-12)18-7-1-9-23(18,20)21/h2-5,13,16H,1,6-11H2,(H,17,19). The first-order valence-electron chi connectivity index (χ1n) is 7.76. The molecule has 0 spiro atoms. The zero-order valence-corrected chi connectivity index (χ0v) is 13.6. The molecule has 2 aliphatic heterocycles. The quantitative estimate of drug-likeness (QED) is 0.836. The number of nitrogens with zero attached hydrogens (tertiary/aromatic N) is 1. The summed E-state index contributed by atoms with van der Waals surface area (Å²) < 4.78 is 30.5. The van der Waals surface area contributed by atoms with Gasteiger partial charge in [0.2, 0.25) is 15.9 Å². The van der Waals surface area contributed by atoms with Crippen LogP contribution in [-0.4, -0.2) is 52.4 Å². The van der Waals surface area contributed by atoms with E-state index < -0.39 is 10.0 Å². The molecule has 7 nitrogen and oxygen atoms in total. The zero-order valence-electron chi connectivity index (χ0n) is 12.8. The number of carbonyl (C=O) groups is 1. The lowest BCUT2D eigenvalue weighted by Gasteiger charge is -2.23. The Morgan fingerprint density at radius 2 is 2.13 bits per heavy atom. The van der Waals surface area contributed by atoms with Crippen LogP contribution < -0.4 is 14.9 Å². The van der Waals surface area contributed by atoms with Crippen molar-refractivity contribution >= 4 is 27.3 Å². The maximum absolute atomic E-state index is 12.0. The minimum atomic E-state index is -3.17. The van der Waals surface area contributed by atoms with Crippen LogP contribution in [0.4, 0.5) is 11.4 Å². The molecule has 0 radical (unpaired) electrons. The van der Waals surface area contributed by atoms with Crippen molar-refractivity contribution in [3.05, 3.63) is 24.3 Å². The van der Waals surface area contributed by atoms with Gasteiger partial charge in [-0.3, -0.25) is 9.10 Å². The predicted octanol–water partition coefficient (Wildman–Crippen LogP) is 0.544. The van der Waals surface area contributed by atoms with Crippen LogP contribution in [0.25, 0.3) is 0 Å². The summed E-state index contributed by atoms with van der Waals surface area (Å²) in [6, 6.07) is 6.94. The number of hydrogen-bond donors (Lipinski definition) is 2. The van der Waals surface area contributed by atoms with E-state index in [2.05, 4.69) is 10.6 Å². The Labute approximate surface area is 136 Å². The molecule has 1 aromatic carbocycles. The zero-order chi connectivity index (χ0) is 16.3. The second-order valence-corrected chi connectivity index (χ2v) is 7.78. The molecule has 2 N–H and O–H groups in total. The lowest BCUT2D eigenvalue weighted by atomic mass is 10.2. The van der Waals surface area contributed by atoms with Crippen LogP contribution >= 0.6 is 0 Å². The van der Waals surface area contributed by atoms with Gasteiger partial charge in [0.1, 0.15) is 0 Å². The van der Waals surface area contributed by atoms with Crippen LogP contribution in [0.5, 0.6) is 0 Å². The Hall–Kier alpha value is -1.64. The van der Waals surface area contributed by atoms with Crippen molar-refractivity contribution in [1.29, 1.82) is 0 Å². The van der Waals surface area contributed by atoms with E-state index in [9.17, 15) is 13.2 Å². The molecular weight excluding hydrogens is 318 g/mol. The predicted molar refractivity (Wildman–Crippen MR) is 88.0 cm³/mol. The number of carbonyl (C=O) groups excluding carboxylic acids is 1. The second-order valence-electron chi connectivity index (χ2n) is 5.77. The molecule has 0 saturated carbocycles. The maximum Gasteiger partial charge on any atom is 0.235 e.